The van der Waals surface area contributed by atoms with E-state index in [9.17, 15) is 0 Å². The number of ether oxygens (including phenoxy) is 1. The predicted molar refractivity (Wildman–Crippen MR) is 82.0 cm³/mol. The topological polar surface area (TPSA) is 9.23 Å². The van der Waals surface area contributed by atoms with Crippen molar-refractivity contribution in [1.29, 1.82) is 0 Å². The standard InChI is InChI=1S/C15H17BrOS/c1-10(2)17-13-6-4-12(5-7-13)15(16)14-9-18-8-11(14)3/h4-10,15H,1-3H3. The van der Waals surface area contributed by atoms with E-state index in [0.717, 1.165) is 5.75 Å². The van der Waals surface area contributed by atoms with Gasteiger partial charge in [-0.3, -0.25) is 0 Å². The summed E-state index contributed by atoms with van der Waals surface area (Å²) in [5.41, 5.74) is 3.94. The molecule has 0 N–H and O–H groups in total. The summed E-state index contributed by atoms with van der Waals surface area (Å²) in [6.07, 6.45) is 0.217. The molecule has 2 aromatic rings. The van der Waals surface area contributed by atoms with Crippen LogP contribution in [0.5, 0.6) is 5.75 Å². The Balaban J connectivity index is 2.17. The Morgan fingerprint density at radius 3 is 2.28 bits per heavy atom. The number of halogens is 1. The lowest BCUT2D eigenvalue weighted by Gasteiger charge is -2.13. The fourth-order valence-corrected chi connectivity index (χ4v) is 3.65. The lowest BCUT2D eigenvalue weighted by Crippen LogP contribution is -2.05. The quantitative estimate of drug-likeness (QED) is 0.691. The average molecular weight is 325 g/mol. The molecule has 2 rings (SSSR count). The van der Waals surface area contributed by atoms with Crippen molar-refractivity contribution < 1.29 is 4.74 Å². The van der Waals surface area contributed by atoms with Gasteiger partial charge in [0.1, 0.15) is 5.75 Å². The van der Waals surface area contributed by atoms with E-state index in [1.54, 1.807) is 11.3 Å². The van der Waals surface area contributed by atoms with Crippen molar-refractivity contribution in [1.82, 2.24) is 0 Å². The zero-order valence-electron chi connectivity index (χ0n) is 10.8. The number of benzene rings is 1. The van der Waals surface area contributed by atoms with Crippen LogP contribution in [0, 0.1) is 6.92 Å². The van der Waals surface area contributed by atoms with E-state index < -0.39 is 0 Å². The van der Waals surface area contributed by atoms with E-state index in [-0.39, 0.29) is 10.9 Å². The van der Waals surface area contributed by atoms with Crippen LogP contribution in [0.3, 0.4) is 0 Å². The maximum Gasteiger partial charge on any atom is 0.119 e. The number of hydrogen-bond donors (Lipinski definition) is 0. The number of thiophene rings is 1. The van der Waals surface area contributed by atoms with Gasteiger partial charge in [-0.25, -0.2) is 0 Å². The van der Waals surface area contributed by atoms with Gasteiger partial charge in [0.15, 0.2) is 0 Å². The van der Waals surface area contributed by atoms with Crippen LogP contribution in [0.1, 0.15) is 35.4 Å². The molecule has 18 heavy (non-hydrogen) atoms. The molecule has 1 atom stereocenters. The van der Waals surface area contributed by atoms with Gasteiger partial charge in [0.05, 0.1) is 10.9 Å². The maximum atomic E-state index is 5.65. The molecule has 0 radical (unpaired) electrons. The second-order valence-electron chi connectivity index (χ2n) is 4.61. The van der Waals surface area contributed by atoms with Crippen LogP contribution in [0.15, 0.2) is 35.0 Å². The zero-order chi connectivity index (χ0) is 13.1. The zero-order valence-corrected chi connectivity index (χ0v) is 13.2. The van der Waals surface area contributed by atoms with Crippen LogP contribution in [-0.2, 0) is 0 Å². The summed E-state index contributed by atoms with van der Waals surface area (Å²) in [7, 11) is 0. The molecule has 0 fully saturated rings. The van der Waals surface area contributed by atoms with Crippen molar-refractivity contribution in [2.75, 3.05) is 0 Å². The minimum atomic E-state index is 0.217. The van der Waals surface area contributed by atoms with Crippen molar-refractivity contribution in [2.24, 2.45) is 0 Å². The van der Waals surface area contributed by atoms with Gasteiger partial charge in [0.25, 0.3) is 0 Å². The van der Waals surface area contributed by atoms with Crippen LogP contribution in [-0.4, -0.2) is 6.10 Å². The minimum Gasteiger partial charge on any atom is -0.491 e. The second-order valence-corrected chi connectivity index (χ2v) is 6.27. The second kappa shape index (κ2) is 5.89. The fraction of sp³-hybridized carbons (Fsp3) is 0.333. The highest BCUT2D eigenvalue weighted by atomic mass is 79.9. The van der Waals surface area contributed by atoms with Gasteiger partial charge < -0.3 is 4.74 Å². The Bertz CT molecular complexity index is 501. The largest absolute Gasteiger partial charge is 0.491 e. The molecule has 1 nitrogen and oxygen atoms in total. The highest BCUT2D eigenvalue weighted by Crippen LogP contribution is 2.35. The summed E-state index contributed by atoms with van der Waals surface area (Å²) >= 11 is 5.51. The third-order valence-corrected chi connectivity index (χ3v) is 4.61. The number of alkyl halides is 1. The van der Waals surface area contributed by atoms with Crippen molar-refractivity contribution in [3.05, 3.63) is 51.7 Å². The van der Waals surface area contributed by atoms with Gasteiger partial charge in [-0.2, -0.15) is 11.3 Å². The first-order valence-corrected chi connectivity index (χ1v) is 7.87. The van der Waals surface area contributed by atoms with Crippen LogP contribution in [0.25, 0.3) is 0 Å². The van der Waals surface area contributed by atoms with E-state index in [1.807, 2.05) is 26.0 Å². The summed E-state index contributed by atoms with van der Waals surface area (Å²) in [6.45, 7) is 6.22. The molecule has 3 heteroatoms. The molecule has 1 aromatic carbocycles. The minimum absolute atomic E-state index is 0.217. The van der Waals surface area contributed by atoms with E-state index in [1.165, 1.54) is 16.7 Å². The molecular weight excluding hydrogens is 308 g/mol. The first-order valence-electron chi connectivity index (χ1n) is 6.01. The summed E-state index contributed by atoms with van der Waals surface area (Å²) in [4.78, 5) is 0.261. The van der Waals surface area contributed by atoms with Crippen LogP contribution >= 0.6 is 27.3 Å². The summed E-state index contributed by atoms with van der Waals surface area (Å²) in [5.74, 6) is 0.926. The highest BCUT2D eigenvalue weighted by Gasteiger charge is 2.13. The normalized spacial score (nSPS) is 12.7. The monoisotopic (exact) mass is 324 g/mol. The van der Waals surface area contributed by atoms with Gasteiger partial charge in [-0.15, -0.1) is 0 Å². The van der Waals surface area contributed by atoms with E-state index in [4.69, 9.17) is 4.74 Å². The summed E-state index contributed by atoms with van der Waals surface area (Å²) in [6, 6.07) is 8.30. The molecule has 0 saturated heterocycles. The van der Waals surface area contributed by atoms with Crippen molar-refractivity contribution in [3.8, 4) is 5.75 Å². The molecule has 0 aliphatic rings. The average Bonchev–Trinajstić information content (AvgIpc) is 2.75. The van der Waals surface area contributed by atoms with E-state index >= 15 is 0 Å². The van der Waals surface area contributed by atoms with Crippen LogP contribution < -0.4 is 4.74 Å². The highest BCUT2D eigenvalue weighted by molar-refractivity contribution is 9.09. The molecule has 0 amide bonds. The summed E-state index contributed by atoms with van der Waals surface area (Å²) in [5, 5.41) is 4.38. The molecule has 96 valence electrons. The van der Waals surface area contributed by atoms with Crippen LogP contribution in [0.2, 0.25) is 0 Å². The predicted octanol–water partition coefficient (Wildman–Crippen LogP) is 5.33. The third-order valence-electron chi connectivity index (χ3n) is 2.71. The fourth-order valence-electron chi connectivity index (χ4n) is 1.80. The van der Waals surface area contributed by atoms with Crippen molar-refractivity contribution >= 4 is 27.3 Å². The molecule has 0 aliphatic heterocycles. The molecule has 1 aromatic heterocycles. The van der Waals surface area contributed by atoms with E-state index in [2.05, 4.69) is 45.7 Å². The maximum absolute atomic E-state index is 5.65. The van der Waals surface area contributed by atoms with Gasteiger partial charge >= 0.3 is 0 Å². The Kier molecular flexibility index (Phi) is 4.46. The van der Waals surface area contributed by atoms with Gasteiger partial charge in [0, 0.05) is 0 Å². The SMILES string of the molecule is Cc1cscc1C(Br)c1ccc(OC(C)C)cc1. The van der Waals surface area contributed by atoms with Gasteiger partial charge in [0.2, 0.25) is 0 Å². The number of rotatable bonds is 4. The molecule has 0 spiro atoms. The van der Waals surface area contributed by atoms with Crippen LogP contribution in [0.4, 0.5) is 0 Å². The number of hydrogen-bond acceptors (Lipinski definition) is 2. The molecule has 0 bridgehead atoms. The smallest absolute Gasteiger partial charge is 0.119 e. The Morgan fingerprint density at radius 2 is 1.78 bits per heavy atom. The van der Waals surface area contributed by atoms with Crippen molar-refractivity contribution in [3.63, 3.8) is 0 Å². The number of aryl methyl sites for hydroxylation is 1. The first-order chi connectivity index (χ1) is 8.58. The third kappa shape index (κ3) is 3.15. The molecule has 1 unspecified atom stereocenters. The Morgan fingerprint density at radius 1 is 1.11 bits per heavy atom. The lowest BCUT2D eigenvalue weighted by molar-refractivity contribution is 0.242. The van der Waals surface area contributed by atoms with Gasteiger partial charge in [-0.05, 0) is 60.4 Å². The first kappa shape index (κ1) is 13.6. The lowest BCUT2D eigenvalue weighted by atomic mass is 10.0. The molecule has 1 heterocycles. The van der Waals surface area contributed by atoms with E-state index in [0.29, 0.717) is 0 Å². The summed E-state index contributed by atoms with van der Waals surface area (Å²) < 4.78 is 5.65. The van der Waals surface area contributed by atoms with Crippen molar-refractivity contribution in [2.45, 2.75) is 31.7 Å². The Hall–Kier alpha value is -0.800. The molecular formula is C15H17BrOS. The Labute approximate surface area is 121 Å². The molecule has 0 saturated carbocycles. The molecule has 0 aliphatic carbocycles. The van der Waals surface area contributed by atoms with Gasteiger partial charge in [-0.1, -0.05) is 28.1 Å².